The van der Waals surface area contributed by atoms with Gasteiger partial charge in [0.05, 0.1) is 0 Å². The molecule has 0 aromatic heterocycles. The van der Waals surface area contributed by atoms with Crippen LogP contribution in [0.5, 0.6) is 0 Å². The molecule has 0 unspecified atom stereocenters. The molecule has 4 nitrogen and oxygen atoms in total. The molecule has 0 heterocycles. The summed E-state index contributed by atoms with van der Waals surface area (Å²) in [6.07, 6.45) is 37.2. The van der Waals surface area contributed by atoms with E-state index >= 15 is 0 Å². The molecule has 1 aromatic rings. The van der Waals surface area contributed by atoms with Crippen LogP contribution in [0.3, 0.4) is 0 Å². The average molecular weight is 613 g/mol. The van der Waals surface area contributed by atoms with E-state index in [0.29, 0.717) is 0 Å². The zero-order chi connectivity index (χ0) is 28.9. The van der Waals surface area contributed by atoms with Gasteiger partial charge in [-0.25, -0.2) is 0 Å². The van der Waals surface area contributed by atoms with E-state index in [4.69, 9.17) is 17.5 Å². The van der Waals surface area contributed by atoms with Crippen molar-refractivity contribution in [2.24, 2.45) is 0 Å². The van der Waals surface area contributed by atoms with Crippen LogP contribution in [0, 0.1) is 0 Å². The zero-order valence-electron chi connectivity index (χ0n) is 27.7. The molecular weight excluding hydrogens is 550 g/mol. The van der Waals surface area contributed by atoms with Crippen LogP contribution in [0.25, 0.3) is 0 Å². The largest absolute Gasteiger partial charge is 1.00 e. The molecule has 1 aromatic carbocycles. The molecule has 7 heteroatoms. The Hall–Kier alpha value is 1.09. The average Bonchev–Trinajstić information content (AvgIpc) is 2.89. The van der Waals surface area contributed by atoms with Crippen LogP contribution >= 0.6 is 0 Å². The van der Waals surface area contributed by atoms with Gasteiger partial charge >= 0.3 is 59.1 Å². The van der Waals surface area contributed by atoms with E-state index in [1.165, 1.54) is 167 Å². The maximum atomic E-state index is 8.52. The topological polar surface area (TPSA) is 80.3 Å². The van der Waals surface area contributed by atoms with Crippen LogP contribution in [0.1, 0.15) is 179 Å². The van der Waals surface area contributed by atoms with Gasteiger partial charge in [0.2, 0.25) is 0 Å². The van der Waals surface area contributed by atoms with E-state index in [9.17, 15) is 0 Å². The minimum absolute atomic E-state index is 0. The van der Waals surface area contributed by atoms with E-state index in [1.54, 1.807) is 11.1 Å². The molecule has 0 radical (unpaired) electrons. The van der Waals surface area contributed by atoms with Crippen LogP contribution in [0.4, 0.5) is 0 Å². The van der Waals surface area contributed by atoms with Gasteiger partial charge in [0.25, 0.3) is 0 Å². The summed E-state index contributed by atoms with van der Waals surface area (Å²) in [5, 5.41) is 0. The monoisotopic (exact) mass is 612 g/mol. The first-order valence-corrected chi connectivity index (χ1v) is 17.9. The van der Waals surface area contributed by atoms with E-state index in [2.05, 4.69) is 38.1 Å². The van der Waals surface area contributed by atoms with Crippen LogP contribution in [-0.4, -0.2) is 17.5 Å². The quantitative estimate of drug-likeness (QED) is 0.0649. The molecule has 1 rings (SSSR count). The molecule has 0 saturated carbocycles. The van der Waals surface area contributed by atoms with E-state index in [1.807, 2.05) is 0 Å². The fraction of sp³-hybridized carbons (Fsp3) is 0.824. The summed E-state index contributed by atoms with van der Waals surface area (Å²) in [4.78, 5) is 0. The minimum atomic E-state index is -5.17. The van der Waals surface area contributed by atoms with Gasteiger partial charge in [-0.05, 0) is 36.8 Å². The van der Waals surface area contributed by atoms with Gasteiger partial charge in [-0.2, -0.15) is 0 Å². The molecule has 0 aliphatic rings. The molecule has 0 atom stereocenters. The van der Waals surface area contributed by atoms with Gasteiger partial charge in [-0.15, -0.1) is 0 Å². The Morgan fingerprint density at radius 1 is 0.439 bits per heavy atom. The SMILES string of the molecule is CCCCCCCCCCCCCCc1ccccc1CCCCCCCCCCCCCC.O=S(=O)([O-])[O-].[Na+].[Na+]. The Kier molecular flexibility index (Phi) is 40.3. The molecule has 0 N–H and O–H groups in total. The Morgan fingerprint density at radius 2 is 0.634 bits per heavy atom. The second-order valence-corrected chi connectivity index (χ2v) is 12.3. The molecule has 0 spiro atoms. The Bertz CT molecular complexity index is 689. The van der Waals surface area contributed by atoms with Crippen molar-refractivity contribution in [1.29, 1.82) is 0 Å². The number of aryl methyl sites for hydroxylation is 2. The van der Waals surface area contributed by atoms with Gasteiger partial charge in [0.15, 0.2) is 0 Å². The van der Waals surface area contributed by atoms with Gasteiger partial charge in [-0.3, -0.25) is 8.42 Å². The van der Waals surface area contributed by atoms with Crippen molar-refractivity contribution in [3.8, 4) is 0 Å². The standard InChI is InChI=1S/C34H62.2Na.H2O4S/c1-3-5-7-9-11-13-15-17-19-21-23-25-29-33-31-27-28-32-34(33)30-26-24-22-20-18-16-14-12-10-8-6-4-2;;;1-5(2,3)4/h27-28,31-32H,3-26,29-30H2,1-2H3;;;(H2,1,2,3,4)/q;2*+1;/p-2. The Balaban J connectivity index is -0.00000189. The van der Waals surface area contributed by atoms with E-state index in [-0.39, 0.29) is 59.1 Å². The van der Waals surface area contributed by atoms with Crippen LogP contribution in [-0.2, 0) is 23.2 Å². The van der Waals surface area contributed by atoms with Crippen molar-refractivity contribution in [2.75, 3.05) is 0 Å². The second-order valence-electron chi connectivity index (χ2n) is 11.5. The smallest absolute Gasteiger partial charge is 0.759 e. The van der Waals surface area contributed by atoms with Crippen molar-refractivity contribution >= 4 is 10.4 Å². The summed E-state index contributed by atoms with van der Waals surface area (Å²) in [5.74, 6) is 0. The molecule has 0 aliphatic heterocycles. The Labute approximate surface area is 300 Å². The number of rotatable bonds is 26. The molecule has 230 valence electrons. The third-order valence-electron chi connectivity index (χ3n) is 7.72. The molecule has 0 bridgehead atoms. The summed E-state index contributed by atoms with van der Waals surface area (Å²) in [6, 6.07) is 9.30. The number of hydrogen-bond acceptors (Lipinski definition) is 4. The van der Waals surface area contributed by atoms with Crippen molar-refractivity contribution in [2.45, 2.75) is 181 Å². The summed E-state index contributed by atoms with van der Waals surface area (Å²) >= 11 is 0. The van der Waals surface area contributed by atoms with Gasteiger partial charge in [0.1, 0.15) is 0 Å². The number of benzene rings is 1. The van der Waals surface area contributed by atoms with Crippen LogP contribution < -0.4 is 59.1 Å². The van der Waals surface area contributed by atoms with Crippen molar-refractivity contribution in [1.82, 2.24) is 0 Å². The molecule has 41 heavy (non-hydrogen) atoms. The van der Waals surface area contributed by atoms with Crippen LogP contribution in [0.15, 0.2) is 24.3 Å². The summed E-state index contributed by atoms with van der Waals surface area (Å²) in [7, 11) is -5.17. The molecular formula is C34H62Na2O4S. The van der Waals surface area contributed by atoms with Gasteiger partial charge in [-0.1, -0.05) is 179 Å². The molecule has 0 fully saturated rings. The maximum Gasteiger partial charge on any atom is 1.00 e. The number of hydrogen-bond donors (Lipinski definition) is 0. The first-order chi connectivity index (χ1) is 18.9. The second kappa shape index (κ2) is 35.6. The van der Waals surface area contributed by atoms with Crippen molar-refractivity contribution < 1.29 is 76.6 Å². The van der Waals surface area contributed by atoms with Gasteiger partial charge in [0, 0.05) is 10.4 Å². The van der Waals surface area contributed by atoms with Crippen molar-refractivity contribution in [3.05, 3.63) is 35.4 Å². The molecule has 0 aliphatic carbocycles. The first kappa shape index (κ1) is 46.5. The zero-order valence-corrected chi connectivity index (χ0v) is 32.6. The predicted octanol–water partition coefficient (Wildman–Crippen LogP) is 4.84. The molecule has 0 amide bonds. The summed E-state index contributed by atoms with van der Waals surface area (Å²) in [6.45, 7) is 4.61. The number of unbranched alkanes of at least 4 members (excludes halogenated alkanes) is 22. The third kappa shape index (κ3) is 39.1. The fourth-order valence-corrected chi connectivity index (χ4v) is 5.36. The fourth-order valence-electron chi connectivity index (χ4n) is 5.36. The van der Waals surface area contributed by atoms with Crippen molar-refractivity contribution in [3.63, 3.8) is 0 Å². The van der Waals surface area contributed by atoms with E-state index in [0.717, 1.165) is 0 Å². The third-order valence-corrected chi connectivity index (χ3v) is 7.72. The predicted molar refractivity (Wildman–Crippen MR) is 166 cm³/mol. The summed E-state index contributed by atoms with van der Waals surface area (Å²) in [5.41, 5.74) is 3.27. The minimum Gasteiger partial charge on any atom is -0.759 e. The summed E-state index contributed by atoms with van der Waals surface area (Å²) < 4.78 is 34.1. The maximum absolute atomic E-state index is 8.52. The molecule has 0 saturated heterocycles. The Morgan fingerprint density at radius 3 is 0.854 bits per heavy atom. The van der Waals surface area contributed by atoms with E-state index < -0.39 is 10.4 Å². The van der Waals surface area contributed by atoms with Crippen LogP contribution in [0.2, 0.25) is 0 Å². The first-order valence-electron chi connectivity index (χ1n) is 16.6. The van der Waals surface area contributed by atoms with Gasteiger partial charge < -0.3 is 9.11 Å². The normalized spacial score (nSPS) is 10.8.